The van der Waals surface area contributed by atoms with Gasteiger partial charge in [-0.15, -0.1) is 0 Å². The largest absolute Gasteiger partial charge is 0.396 e. The highest BCUT2D eigenvalue weighted by Crippen LogP contribution is 2.26. The van der Waals surface area contributed by atoms with Crippen molar-refractivity contribution in [1.82, 2.24) is 9.80 Å². The highest BCUT2D eigenvalue weighted by atomic mass is 19.1. The molecule has 0 atom stereocenters. The molecule has 5 heteroatoms. The van der Waals surface area contributed by atoms with Crippen LogP contribution in [0.1, 0.15) is 38.2 Å². The van der Waals surface area contributed by atoms with Gasteiger partial charge in [-0.1, -0.05) is 12.1 Å². The number of likely N-dealkylation sites (N-methyl/N-ethyl adjacent to an activating group) is 2. The molecule has 1 saturated carbocycles. The first-order valence-electron chi connectivity index (χ1n) is 8.86. The Morgan fingerprint density at radius 3 is 2.58 bits per heavy atom. The summed E-state index contributed by atoms with van der Waals surface area (Å²) in [5, 5.41) is 9.22. The zero-order valence-corrected chi connectivity index (χ0v) is 14.7. The van der Waals surface area contributed by atoms with Gasteiger partial charge in [-0.25, -0.2) is 4.39 Å². The van der Waals surface area contributed by atoms with E-state index in [1.165, 1.54) is 12.1 Å². The Kier molecular flexibility index (Phi) is 7.18. The van der Waals surface area contributed by atoms with Crippen LogP contribution in [0.2, 0.25) is 0 Å². The molecule has 1 aliphatic rings. The van der Waals surface area contributed by atoms with Crippen LogP contribution in [-0.4, -0.2) is 53.6 Å². The van der Waals surface area contributed by atoms with Crippen molar-refractivity contribution >= 4 is 5.91 Å². The van der Waals surface area contributed by atoms with Gasteiger partial charge in [0.25, 0.3) is 0 Å². The van der Waals surface area contributed by atoms with Gasteiger partial charge in [-0.05, 0) is 63.3 Å². The Labute approximate surface area is 144 Å². The normalized spacial score (nSPS) is 21.0. The van der Waals surface area contributed by atoms with Crippen LogP contribution in [0.4, 0.5) is 4.39 Å². The summed E-state index contributed by atoms with van der Waals surface area (Å²) >= 11 is 0. The fraction of sp³-hybridized carbons (Fsp3) is 0.632. The smallest absolute Gasteiger partial charge is 0.237 e. The number of benzene rings is 1. The molecular weight excluding hydrogens is 307 g/mol. The number of carbonyl (C=O) groups is 1. The zero-order valence-electron chi connectivity index (χ0n) is 14.7. The Hall–Kier alpha value is -1.46. The van der Waals surface area contributed by atoms with E-state index < -0.39 is 0 Å². The number of halogens is 1. The summed E-state index contributed by atoms with van der Waals surface area (Å²) in [7, 11) is 2.00. The molecule has 1 amide bonds. The van der Waals surface area contributed by atoms with E-state index in [0.717, 1.165) is 31.2 Å². The number of rotatable bonds is 7. The minimum Gasteiger partial charge on any atom is -0.396 e. The highest BCUT2D eigenvalue weighted by molar-refractivity contribution is 5.78. The second-order valence-corrected chi connectivity index (χ2v) is 6.81. The van der Waals surface area contributed by atoms with Crippen molar-refractivity contribution in [2.24, 2.45) is 5.92 Å². The van der Waals surface area contributed by atoms with Crippen LogP contribution in [0.25, 0.3) is 0 Å². The average Bonchev–Trinajstić information content (AvgIpc) is 2.59. The Balaban J connectivity index is 1.87. The summed E-state index contributed by atoms with van der Waals surface area (Å²) < 4.78 is 13.3. The van der Waals surface area contributed by atoms with Crippen LogP contribution in [0, 0.1) is 11.7 Å². The van der Waals surface area contributed by atoms with Gasteiger partial charge in [0, 0.05) is 25.7 Å². The second-order valence-electron chi connectivity index (χ2n) is 6.81. The maximum absolute atomic E-state index is 13.3. The third-order valence-electron chi connectivity index (χ3n) is 5.08. The van der Waals surface area contributed by atoms with Gasteiger partial charge in [0.2, 0.25) is 5.91 Å². The van der Waals surface area contributed by atoms with Crippen molar-refractivity contribution in [1.29, 1.82) is 0 Å². The summed E-state index contributed by atoms with van der Waals surface area (Å²) in [4.78, 5) is 16.5. The SMILES string of the molecule is CCN(Cc1cccc(F)c1)C(=O)CN(C)C1CCC(CO)CC1. The van der Waals surface area contributed by atoms with Gasteiger partial charge in [-0.3, -0.25) is 9.69 Å². The molecule has 0 spiro atoms. The fourth-order valence-corrected chi connectivity index (χ4v) is 3.44. The van der Waals surface area contributed by atoms with Gasteiger partial charge in [0.05, 0.1) is 6.54 Å². The molecule has 0 aliphatic heterocycles. The minimum atomic E-state index is -0.270. The maximum atomic E-state index is 13.3. The van der Waals surface area contributed by atoms with Crippen LogP contribution in [-0.2, 0) is 11.3 Å². The van der Waals surface area contributed by atoms with Crippen LogP contribution >= 0.6 is 0 Å². The van der Waals surface area contributed by atoms with E-state index >= 15 is 0 Å². The first kappa shape index (κ1) is 18.9. The highest BCUT2D eigenvalue weighted by Gasteiger charge is 2.25. The number of aliphatic hydroxyl groups is 1. The third kappa shape index (κ3) is 5.28. The minimum absolute atomic E-state index is 0.0774. The van der Waals surface area contributed by atoms with Crippen molar-refractivity contribution in [3.05, 3.63) is 35.6 Å². The molecule has 1 N–H and O–H groups in total. The topological polar surface area (TPSA) is 43.8 Å². The number of nitrogens with zero attached hydrogens (tertiary/aromatic N) is 2. The lowest BCUT2D eigenvalue weighted by atomic mass is 9.86. The number of hydrogen-bond acceptors (Lipinski definition) is 3. The molecule has 0 bridgehead atoms. The molecule has 0 heterocycles. The number of aliphatic hydroxyl groups excluding tert-OH is 1. The van der Waals surface area contributed by atoms with E-state index in [-0.39, 0.29) is 18.3 Å². The molecule has 1 fully saturated rings. The number of carbonyl (C=O) groups excluding carboxylic acids is 1. The van der Waals surface area contributed by atoms with Gasteiger partial charge >= 0.3 is 0 Å². The lowest BCUT2D eigenvalue weighted by Crippen LogP contribution is -2.43. The fourth-order valence-electron chi connectivity index (χ4n) is 3.44. The zero-order chi connectivity index (χ0) is 17.5. The average molecular weight is 336 g/mol. The van der Waals surface area contributed by atoms with Crippen LogP contribution in [0.3, 0.4) is 0 Å². The van der Waals surface area contributed by atoms with Gasteiger partial charge in [0.15, 0.2) is 0 Å². The molecule has 134 valence electrons. The molecule has 4 nitrogen and oxygen atoms in total. The number of hydrogen-bond donors (Lipinski definition) is 1. The molecule has 24 heavy (non-hydrogen) atoms. The summed E-state index contributed by atoms with van der Waals surface area (Å²) in [5.74, 6) is 0.229. The van der Waals surface area contributed by atoms with E-state index in [9.17, 15) is 14.3 Å². The molecule has 1 aliphatic carbocycles. The lowest BCUT2D eigenvalue weighted by Gasteiger charge is -2.34. The predicted octanol–water partition coefficient (Wildman–Crippen LogP) is 2.66. The van der Waals surface area contributed by atoms with Gasteiger partial charge in [0.1, 0.15) is 5.82 Å². The first-order valence-corrected chi connectivity index (χ1v) is 8.86. The number of amides is 1. The Bertz CT molecular complexity index is 530. The van der Waals surface area contributed by atoms with Crippen molar-refractivity contribution in [3.8, 4) is 0 Å². The van der Waals surface area contributed by atoms with E-state index in [1.54, 1.807) is 11.0 Å². The molecule has 0 unspecified atom stereocenters. The van der Waals surface area contributed by atoms with Crippen molar-refractivity contribution in [2.75, 3.05) is 26.7 Å². The maximum Gasteiger partial charge on any atom is 0.237 e. The second kappa shape index (κ2) is 9.14. The third-order valence-corrected chi connectivity index (χ3v) is 5.08. The van der Waals surface area contributed by atoms with Crippen molar-refractivity contribution in [3.63, 3.8) is 0 Å². The molecule has 1 aromatic carbocycles. The molecular formula is C19H29FN2O2. The Morgan fingerprint density at radius 1 is 1.29 bits per heavy atom. The van der Waals surface area contributed by atoms with Crippen molar-refractivity contribution in [2.45, 2.75) is 45.2 Å². The molecule has 0 radical (unpaired) electrons. The summed E-state index contributed by atoms with van der Waals surface area (Å²) in [5.41, 5.74) is 0.816. The summed E-state index contributed by atoms with van der Waals surface area (Å²) in [6.07, 6.45) is 4.12. The van der Waals surface area contributed by atoms with Crippen LogP contribution in [0.15, 0.2) is 24.3 Å². The predicted molar refractivity (Wildman–Crippen MR) is 93.0 cm³/mol. The van der Waals surface area contributed by atoms with E-state index in [4.69, 9.17) is 0 Å². The molecule has 0 saturated heterocycles. The standard InChI is InChI=1S/C19H29FN2O2/c1-3-22(12-16-5-4-6-17(20)11-16)19(24)13-21(2)18-9-7-15(14-23)8-10-18/h4-6,11,15,18,23H,3,7-10,12-14H2,1-2H3. The molecule has 2 rings (SSSR count). The lowest BCUT2D eigenvalue weighted by molar-refractivity contribution is -0.133. The van der Waals surface area contributed by atoms with Crippen LogP contribution < -0.4 is 0 Å². The monoisotopic (exact) mass is 336 g/mol. The molecule has 0 aromatic heterocycles. The quantitative estimate of drug-likeness (QED) is 0.832. The summed E-state index contributed by atoms with van der Waals surface area (Å²) in [6.45, 7) is 3.66. The van der Waals surface area contributed by atoms with Gasteiger partial charge in [-0.2, -0.15) is 0 Å². The first-order chi connectivity index (χ1) is 11.5. The molecule has 1 aromatic rings. The van der Waals surface area contributed by atoms with E-state index in [0.29, 0.717) is 31.6 Å². The van der Waals surface area contributed by atoms with Crippen LogP contribution in [0.5, 0.6) is 0 Å². The summed E-state index contributed by atoms with van der Waals surface area (Å²) in [6, 6.07) is 6.83. The van der Waals surface area contributed by atoms with Gasteiger partial charge < -0.3 is 10.0 Å². The van der Waals surface area contributed by atoms with E-state index in [1.807, 2.05) is 20.0 Å². The van der Waals surface area contributed by atoms with E-state index in [2.05, 4.69) is 4.90 Å². The van der Waals surface area contributed by atoms with Crippen molar-refractivity contribution < 1.29 is 14.3 Å². The Morgan fingerprint density at radius 2 is 2.00 bits per heavy atom.